The molecular weight excluding hydrogens is 665 g/mol. The quantitative estimate of drug-likeness (QED) is 0.0507. The molecule has 0 saturated heterocycles. The minimum absolute atomic E-state index is 0.356. The van der Waals surface area contributed by atoms with Crippen LogP contribution < -0.4 is 0 Å². The molecule has 0 bridgehead atoms. The van der Waals surface area contributed by atoms with E-state index in [1.165, 1.54) is 193 Å². The van der Waals surface area contributed by atoms with Crippen molar-refractivity contribution in [2.24, 2.45) is 0 Å². The highest BCUT2D eigenvalue weighted by molar-refractivity contribution is 6.13. The first-order valence-corrected chi connectivity index (χ1v) is 23.5. The number of carbonyl (C=O) groups is 2. The van der Waals surface area contributed by atoms with Gasteiger partial charge in [0.15, 0.2) is 0 Å². The van der Waals surface area contributed by atoms with Crippen molar-refractivity contribution >= 4 is 22.7 Å². The number of hydrogen-bond acceptors (Lipinski definition) is 4. The minimum atomic E-state index is -0.357. The first-order chi connectivity index (χ1) is 26.7. The van der Waals surface area contributed by atoms with E-state index in [0.717, 1.165) is 31.1 Å². The summed E-state index contributed by atoms with van der Waals surface area (Å²) in [4.78, 5) is 26.3. The van der Waals surface area contributed by atoms with Crippen LogP contribution in [0.4, 0.5) is 0 Å². The fraction of sp³-hybridized carbons (Fsp3) is 0.760. The molecule has 0 aromatic heterocycles. The van der Waals surface area contributed by atoms with Crippen molar-refractivity contribution in [3.63, 3.8) is 0 Å². The summed E-state index contributed by atoms with van der Waals surface area (Å²) in [6.45, 7) is 5.40. The second kappa shape index (κ2) is 35.1. The highest BCUT2D eigenvalue weighted by Gasteiger charge is 2.19. The maximum atomic E-state index is 13.2. The van der Waals surface area contributed by atoms with Crippen molar-refractivity contribution in [1.29, 1.82) is 0 Å². The van der Waals surface area contributed by atoms with E-state index >= 15 is 0 Å². The third kappa shape index (κ3) is 24.2. The van der Waals surface area contributed by atoms with E-state index in [2.05, 4.69) is 13.8 Å². The van der Waals surface area contributed by atoms with E-state index in [1.807, 2.05) is 24.3 Å². The van der Waals surface area contributed by atoms with Crippen LogP contribution in [-0.2, 0) is 9.47 Å². The summed E-state index contributed by atoms with van der Waals surface area (Å²) in [5.41, 5.74) is 0.897. The molecule has 4 heteroatoms. The van der Waals surface area contributed by atoms with E-state index in [0.29, 0.717) is 29.7 Å². The first kappa shape index (κ1) is 47.8. The van der Waals surface area contributed by atoms with Crippen LogP contribution in [0, 0.1) is 0 Å². The number of carbonyl (C=O) groups excluding carboxylic acids is 2. The Morgan fingerprint density at radius 2 is 0.593 bits per heavy atom. The molecule has 0 aliphatic heterocycles. The third-order valence-corrected chi connectivity index (χ3v) is 11.3. The lowest BCUT2D eigenvalue weighted by Gasteiger charge is -2.12. The smallest absolute Gasteiger partial charge is 0.338 e. The van der Waals surface area contributed by atoms with Crippen LogP contribution >= 0.6 is 0 Å². The largest absolute Gasteiger partial charge is 0.462 e. The number of fused-ring (bicyclic) bond motifs is 1. The molecule has 2 aromatic carbocycles. The molecule has 0 saturated carbocycles. The highest BCUT2D eigenvalue weighted by Crippen LogP contribution is 2.25. The third-order valence-electron chi connectivity index (χ3n) is 11.3. The van der Waals surface area contributed by atoms with Gasteiger partial charge in [0.25, 0.3) is 0 Å². The van der Waals surface area contributed by atoms with Crippen LogP contribution in [0.15, 0.2) is 36.4 Å². The molecule has 0 atom stereocenters. The van der Waals surface area contributed by atoms with E-state index < -0.39 is 0 Å². The fourth-order valence-corrected chi connectivity index (χ4v) is 7.82. The zero-order chi connectivity index (χ0) is 38.6. The van der Waals surface area contributed by atoms with Crippen LogP contribution in [0.2, 0.25) is 0 Å². The summed E-state index contributed by atoms with van der Waals surface area (Å²) in [6, 6.07) is 11.1. The Bertz CT molecular complexity index is 1170. The normalized spacial score (nSPS) is 11.4. The Kier molecular flexibility index (Phi) is 31.0. The van der Waals surface area contributed by atoms with Crippen LogP contribution in [0.5, 0.6) is 0 Å². The van der Waals surface area contributed by atoms with Crippen molar-refractivity contribution < 1.29 is 19.1 Å². The molecule has 0 heterocycles. The SMILES string of the molecule is CCCCCCCCCCCCCCCCCCCCCCOC(=O)c1cccc2cccc(C(=O)OCCCCCCCCCCCCCCCC)c12. The lowest BCUT2D eigenvalue weighted by atomic mass is 9.99. The lowest BCUT2D eigenvalue weighted by Crippen LogP contribution is -2.11. The number of rotatable bonds is 38. The van der Waals surface area contributed by atoms with Gasteiger partial charge in [0, 0.05) is 5.39 Å². The summed E-state index contributed by atoms with van der Waals surface area (Å²) < 4.78 is 11.4. The molecule has 0 amide bonds. The van der Waals surface area contributed by atoms with Gasteiger partial charge in [-0.1, -0.05) is 244 Å². The van der Waals surface area contributed by atoms with Gasteiger partial charge in [0.05, 0.1) is 24.3 Å². The van der Waals surface area contributed by atoms with Gasteiger partial charge in [-0.15, -0.1) is 0 Å². The Balaban J connectivity index is 1.50. The van der Waals surface area contributed by atoms with Gasteiger partial charge >= 0.3 is 11.9 Å². The van der Waals surface area contributed by atoms with Crippen molar-refractivity contribution in [2.75, 3.05) is 13.2 Å². The Labute approximate surface area is 333 Å². The molecule has 308 valence electrons. The molecule has 0 radical (unpaired) electrons. The van der Waals surface area contributed by atoms with Crippen molar-refractivity contribution in [2.45, 2.75) is 232 Å². The summed E-state index contributed by atoms with van der Waals surface area (Å²) in [6.07, 6.45) is 45.1. The maximum Gasteiger partial charge on any atom is 0.338 e. The topological polar surface area (TPSA) is 52.6 Å². The molecule has 0 N–H and O–H groups in total. The molecule has 4 nitrogen and oxygen atoms in total. The molecule has 2 rings (SSSR count). The molecule has 0 spiro atoms. The van der Waals surface area contributed by atoms with Gasteiger partial charge in [-0.2, -0.15) is 0 Å². The van der Waals surface area contributed by atoms with Gasteiger partial charge in [-0.05, 0) is 30.4 Å². The molecule has 0 aliphatic rings. The van der Waals surface area contributed by atoms with Crippen LogP contribution in [0.3, 0.4) is 0 Å². The summed E-state index contributed by atoms with van der Waals surface area (Å²) in [5, 5.41) is 1.49. The van der Waals surface area contributed by atoms with E-state index in [9.17, 15) is 9.59 Å². The molecule has 0 unspecified atom stereocenters. The Hall–Kier alpha value is -2.36. The van der Waals surface area contributed by atoms with Crippen LogP contribution in [-0.4, -0.2) is 25.2 Å². The average Bonchev–Trinajstić information content (AvgIpc) is 3.19. The van der Waals surface area contributed by atoms with E-state index in [1.54, 1.807) is 12.1 Å². The Morgan fingerprint density at radius 3 is 0.852 bits per heavy atom. The van der Waals surface area contributed by atoms with Crippen LogP contribution in [0.25, 0.3) is 10.8 Å². The minimum Gasteiger partial charge on any atom is -0.462 e. The molecule has 2 aromatic rings. The maximum absolute atomic E-state index is 13.2. The van der Waals surface area contributed by atoms with Crippen molar-refractivity contribution in [3.8, 4) is 0 Å². The molecule has 0 aliphatic carbocycles. The van der Waals surface area contributed by atoms with Gasteiger partial charge < -0.3 is 9.47 Å². The van der Waals surface area contributed by atoms with E-state index in [-0.39, 0.29) is 11.9 Å². The van der Waals surface area contributed by atoms with Crippen LogP contribution in [0.1, 0.15) is 253 Å². The average molecular weight is 749 g/mol. The van der Waals surface area contributed by atoms with Crippen molar-refractivity contribution in [3.05, 3.63) is 47.5 Å². The predicted molar refractivity (Wildman–Crippen MR) is 233 cm³/mol. The zero-order valence-electron chi connectivity index (χ0n) is 35.6. The van der Waals surface area contributed by atoms with Crippen molar-refractivity contribution in [1.82, 2.24) is 0 Å². The summed E-state index contributed by atoms with van der Waals surface area (Å²) in [7, 11) is 0. The van der Waals surface area contributed by atoms with Gasteiger partial charge in [-0.3, -0.25) is 0 Å². The molecule has 0 fully saturated rings. The summed E-state index contributed by atoms with van der Waals surface area (Å²) in [5.74, 6) is -0.713. The summed E-state index contributed by atoms with van der Waals surface area (Å²) >= 11 is 0. The van der Waals surface area contributed by atoms with Gasteiger partial charge in [-0.25, -0.2) is 9.59 Å². The Morgan fingerprint density at radius 1 is 0.352 bits per heavy atom. The second-order valence-corrected chi connectivity index (χ2v) is 16.3. The molecule has 54 heavy (non-hydrogen) atoms. The monoisotopic (exact) mass is 749 g/mol. The number of ether oxygens (including phenoxy) is 2. The number of benzene rings is 2. The van der Waals surface area contributed by atoms with Gasteiger partial charge in [0.2, 0.25) is 0 Å². The predicted octanol–water partition coefficient (Wildman–Crippen LogP) is 16.5. The zero-order valence-corrected chi connectivity index (χ0v) is 35.6. The highest BCUT2D eigenvalue weighted by atomic mass is 16.5. The number of unbranched alkanes of at least 4 members (excludes halogenated alkanes) is 32. The molecular formula is C50H84O4. The lowest BCUT2D eigenvalue weighted by molar-refractivity contribution is 0.0498. The standard InChI is InChI=1S/C50H84O4/c1-3-5-7-9-11-13-15-17-19-20-21-22-23-24-26-28-30-32-34-36-44-54-50(52)47-42-38-40-45-39-37-41-46(48(45)47)49(51)53-43-35-33-31-29-27-25-18-16-14-12-10-8-6-4-2/h37-42H,3-36,43-44H2,1-2H3. The van der Waals surface area contributed by atoms with E-state index in [4.69, 9.17) is 9.47 Å². The first-order valence-electron chi connectivity index (χ1n) is 23.5. The van der Waals surface area contributed by atoms with Gasteiger partial charge in [0.1, 0.15) is 0 Å². The second-order valence-electron chi connectivity index (χ2n) is 16.3. The number of hydrogen-bond donors (Lipinski definition) is 0. The fourth-order valence-electron chi connectivity index (χ4n) is 7.82. The number of esters is 2.